The van der Waals surface area contributed by atoms with E-state index >= 15 is 0 Å². The van der Waals surface area contributed by atoms with Gasteiger partial charge in [-0.15, -0.1) is 0 Å². The molecule has 2 aromatic rings. The number of hydrogen-bond donors (Lipinski definition) is 0. The molecule has 26 heavy (non-hydrogen) atoms. The van der Waals surface area contributed by atoms with Crippen molar-refractivity contribution in [2.75, 3.05) is 25.7 Å². The van der Waals surface area contributed by atoms with Crippen LogP contribution in [0, 0.1) is 13.8 Å². The van der Waals surface area contributed by atoms with Crippen molar-refractivity contribution in [3.8, 4) is 5.75 Å². The Balaban J connectivity index is 1.73. The molecule has 0 radical (unpaired) electrons. The van der Waals surface area contributed by atoms with E-state index in [9.17, 15) is 8.42 Å². The molecule has 0 bridgehead atoms. The zero-order valence-electron chi connectivity index (χ0n) is 15.9. The van der Waals surface area contributed by atoms with Crippen molar-refractivity contribution in [1.29, 1.82) is 0 Å². The van der Waals surface area contributed by atoms with E-state index < -0.39 is 9.84 Å². The summed E-state index contributed by atoms with van der Waals surface area (Å²) in [6, 6.07) is 8.04. The van der Waals surface area contributed by atoms with Gasteiger partial charge in [-0.25, -0.2) is 8.42 Å². The second-order valence-electron chi connectivity index (χ2n) is 7.17. The molecule has 1 aliphatic heterocycles. The highest BCUT2D eigenvalue weighted by molar-refractivity contribution is 7.91. The molecule has 2 heterocycles. The lowest BCUT2D eigenvalue weighted by Gasteiger charge is -2.18. The fourth-order valence-electron chi connectivity index (χ4n) is 3.66. The molecule has 0 aliphatic carbocycles. The molecule has 142 valence electrons. The lowest BCUT2D eigenvalue weighted by Crippen LogP contribution is -2.19. The summed E-state index contributed by atoms with van der Waals surface area (Å²) in [5.74, 6) is 1.33. The number of ether oxygens (including phenoxy) is 1. The van der Waals surface area contributed by atoms with E-state index in [-0.39, 0.29) is 17.5 Å². The predicted octanol–water partition coefficient (Wildman–Crippen LogP) is 2.50. The second kappa shape index (κ2) is 7.40. The highest BCUT2D eigenvalue weighted by Crippen LogP contribution is 2.27. The minimum Gasteiger partial charge on any atom is -0.497 e. The zero-order valence-corrected chi connectivity index (χ0v) is 16.7. The average Bonchev–Trinajstić information content (AvgIpc) is 3.08. The van der Waals surface area contributed by atoms with Gasteiger partial charge in [-0.1, -0.05) is 12.1 Å². The molecular formula is C19H27N3O3S. The summed E-state index contributed by atoms with van der Waals surface area (Å²) >= 11 is 0. The van der Waals surface area contributed by atoms with E-state index in [1.54, 1.807) is 7.11 Å². The van der Waals surface area contributed by atoms with Gasteiger partial charge in [0.2, 0.25) is 0 Å². The van der Waals surface area contributed by atoms with Gasteiger partial charge in [-0.05, 0) is 45.0 Å². The number of hydrogen-bond acceptors (Lipinski definition) is 5. The van der Waals surface area contributed by atoms with E-state index in [1.165, 1.54) is 11.1 Å². The Morgan fingerprint density at radius 2 is 2.08 bits per heavy atom. The molecule has 1 aliphatic rings. The SMILES string of the molecule is COc1cccc(CN(C)Cc2c(C)nn([C@H]3CCS(=O)(=O)C3)c2C)c1. The summed E-state index contributed by atoms with van der Waals surface area (Å²) in [5.41, 5.74) is 4.42. The molecule has 1 aromatic carbocycles. The third-order valence-corrected chi connectivity index (χ3v) is 6.79. The summed E-state index contributed by atoms with van der Waals surface area (Å²) in [5, 5.41) is 4.65. The number of aryl methyl sites for hydroxylation is 1. The molecule has 0 N–H and O–H groups in total. The van der Waals surface area contributed by atoms with Crippen LogP contribution < -0.4 is 4.74 Å². The Labute approximate surface area is 155 Å². The van der Waals surface area contributed by atoms with Crippen LogP contribution in [-0.2, 0) is 22.9 Å². The number of aromatic nitrogens is 2. The maximum atomic E-state index is 11.8. The Hall–Kier alpha value is -1.86. The van der Waals surface area contributed by atoms with Gasteiger partial charge in [-0.2, -0.15) is 5.10 Å². The van der Waals surface area contributed by atoms with Crippen LogP contribution in [-0.4, -0.2) is 48.8 Å². The number of benzene rings is 1. The quantitative estimate of drug-likeness (QED) is 0.774. The van der Waals surface area contributed by atoms with Crippen molar-refractivity contribution < 1.29 is 13.2 Å². The molecule has 3 rings (SSSR count). The molecule has 0 spiro atoms. The molecule has 1 atom stereocenters. The summed E-state index contributed by atoms with van der Waals surface area (Å²) in [7, 11) is 0.835. The number of sulfone groups is 1. The van der Waals surface area contributed by atoms with Crippen LogP contribution in [0.5, 0.6) is 5.75 Å². The van der Waals surface area contributed by atoms with E-state index in [0.717, 1.165) is 30.2 Å². The topological polar surface area (TPSA) is 64.4 Å². The van der Waals surface area contributed by atoms with Crippen molar-refractivity contribution in [1.82, 2.24) is 14.7 Å². The van der Waals surface area contributed by atoms with Crippen LogP contribution in [0.4, 0.5) is 0 Å². The fourth-order valence-corrected chi connectivity index (χ4v) is 5.35. The van der Waals surface area contributed by atoms with Crippen molar-refractivity contribution in [3.05, 3.63) is 46.8 Å². The van der Waals surface area contributed by atoms with E-state index in [2.05, 4.69) is 23.1 Å². The van der Waals surface area contributed by atoms with Crippen molar-refractivity contribution in [2.45, 2.75) is 39.4 Å². The lowest BCUT2D eigenvalue weighted by molar-refractivity contribution is 0.316. The molecule has 6 nitrogen and oxygen atoms in total. The third-order valence-electron chi connectivity index (χ3n) is 5.04. The number of nitrogens with zero attached hydrogens (tertiary/aromatic N) is 3. The largest absolute Gasteiger partial charge is 0.497 e. The highest BCUT2D eigenvalue weighted by atomic mass is 32.2. The summed E-state index contributed by atoms with van der Waals surface area (Å²) in [4.78, 5) is 2.24. The van der Waals surface area contributed by atoms with Crippen LogP contribution in [0.15, 0.2) is 24.3 Å². The van der Waals surface area contributed by atoms with Crippen molar-refractivity contribution in [3.63, 3.8) is 0 Å². The van der Waals surface area contributed by atoms with Gasteiger partial charge >= 0.3 is 0 Å². The van der Waals surface area contributed by atoms with E-state index in [0.29, 0.717) is 6.42 Å². The van der Waals surface area contributed by atoms with Gasteiger partial charge < -0.3 is 4.74 Å². The van der Waals surface area contributed by atoms with E-state index in [1.807, 2.05) is 36.7 Å². The van der Waals surface area contributed by atoms with Crippen LogP contribution in [0.25, 0.3) is 0 Å². The smallest absolute Gasteiger partial charge is 0.152 e. The highest BCUT2D eigenvalue weighted by Gasteiger charge is 2.31. The number of rotatable bonds is 6. The molecule has 1 fully saturated rings. The molecule has 1 saturated heterocycles. The van der Waals surface area contributed by atoms with E-state index in [4.69, 9.17) is 4.74 Å². The van der Waals surface area contributed by atoms with Crippen molar-refractivity contribution >= 4 is 9.84 Å². The minimum absolute atomic E-state index is 0.0314. The Bertz CT molecular complexity index is 889. The lowest BCUT2D eigenvalue weighted by atomic mass is 10.1. The first kappa shape index (κ1) is 18.9. The molecule has 1 aromatic heterocycles. The first-order valence-electron chi connectivity index (χ1n) is 8.85. The van der Waals surface area contributed by atoms with Gasteiger partial charge in [0, 0.05) is 24.3 Å². The molecule has 0 saturated carbocycles. The Morgan fingerprint density at radius 3 is 2.73 bits per heavy atom. The second-order valence-corrected chi connectivity index (χ2v) is 9.40. The number of methoxy groups -OCH3 is 1. The maximum Gasteiger partial charge on any atom is 0.152 e. The Kier molecular flexibility index (Phi) is 5.39. The Morgan fingerprint density at radius 1 is 1.31 bits per heavy atom. The molecule has 0 unspecified atom stereocenters. The van der Waals surface area contributed by atoms with Crippen LogP contribution in [0.2, 0.25) is 0 Å². The van der Waals surface area contributed by atoms with Gasteiger partial charge in [0.05, 0.1) is 30.4 Å². The van der Waals surface area contributed by atoms with Crippen LogP contribution >= 0.6 is 0 Å². The van der Waals surface area contributed by atoms with Crippen molar-refractivity contribution in [2.24, 2.45) is 0 Å². The summed E-state index contributed by atoms with van der Waals surface area (Å²) in [6.45, 7) is 5.62. The van der Waals surface area contributed by atoms with Crippen LogP contribution in [0.1, 0.15) is 35.0 Å². The van der Waals surface area contributed by atoms with Gasteiger partial charge in [-0.3, -0.25) is 9.58 Å². The fraction of sp³-hybridized carbons (Fsp3) is 0.526. The normalized spacial score (nSPS) is 19.2. The molecule has 7 heteroatoms. The van der Waals surface area contributed by atoms with Gasteiger partial charge in [0.1, 0.15) is 5.75 Å². The standard InChI is InChI=1S/C19H27N3O3S/c1-14-19(12-21(3)11-16-6-5-7-18(10-16)25-4)15(2)22(20-14)17-8-9-26(23,24)13-17/h5-7,10,17H,8-9,11-13H2,1-4H3/t17-/m0/s1. The zero-order chi connectivity index (χ0) is 18.9. The summed E-state index contributed by atoms with van der Waals surface area (Å²) in [6.07, 6.45) is 0.656. The first-order valence-corrected chi connectivity index (χ1v) is 10.7. The molecular weight excluding hydrogens is 350 g/mol. The predicted molar refractivity (Wildman–Crippen MR) is 102 cm³/mol. The molecule has 0 amide bonds. The monoisotopic (exact) mass is 377 g/mol. The van der Waals surface area contributed by atoms with Gasteiger partial charge in [0.15, 0.2) is 9.84 Å². The third kappa shape index (κ3) is 4.10. The average molecular weight is 378 g/mol. The van der Waals surface area contributed by atoms with Crippen LogP contribution in [0.3, 0.4) is 0 Å². The summed E-state index contributed by atoms with van der Waals surface area (Å²) < 4.78 is 30.8. The minimum atomic E-state index is -2.92. The van der Waals surface area contributed by atoms with Gasteiger partial charge in [0.25, 0.3) is 0 Å². The maximum absolute atomic E-state index is 11.8. The first-order chi connectivity index (χ1) is 12.3.